The average molecular weight is 292 g/mol. The van der Waals surface area contributed by atoms with E-state index in [9.17, 15) is 4.79 Å². The van der Waals surface area contributed by atoms with E-state index in [4.69, 9.17) is 4.74 Å². The molecule has 1 saturated heterocycles. The Balaban J connectivity index is 2.21. The second kappa shape index (κ2) is 7.46. The van der Waals surface area contributed by atoms with E-state index < -0.39 is 0 Å². The Morgan fingerprint density at radius 1 is 1.26 bits per heavy atom. The second-order valence-corrected chi connectivity index (χ2v) is 6.33. The van der Waals surface area contributed by atoms with E-state index in [2.05, 4.69) is 0 Å². The van der Waals surface area contributed by atoms with Crippen LogP contribution in [0.1, 0.15) is 12.5 Å². The highest BCUT2D eigenvalue weighted by Gasteiger charge is 2.18. The van der Waals surface area contributed by atoms with Gasteiger partial charge in [0.15, 0.2) is 0 Å². The standard InChI is InChI=1S/C15H16O2S2/c1-2-17-14(16)13(15-18-10-11-19-15)9-8-12-6-4-3-5-7-12/h3-9H,2,10-11H2,1H3/b9-8+. The zero-order chi connectivity index (χ0) is 13.5. The van der Waals surface area contributed by atoms with E-state index in [1.807, 2.05) is 49.4 Å². The minimum absolute atomic E-state index is 0.230. The molecule has 0 radical (unpaired) electrons. The van der Waals surface area contributed by atoms with Gasteiger partial charge in [0.25, 0.3) is 0 Å². The molecule has 1 aromatic rings. The molecule has 1 aliphatic rings. The van der Waals surface area contributed by atoms with Crippen molar-refractivity contribution in [2.75, 3.05) is 18.1 Å². The number of benzene rings is 1. The number of thioether (sulfide) groups is 2. The number of ether oxygens (including phenoxy) is 1. The van der Waals surface area contributed by atoms with Gasteiger partial charge < -0.3 is 4.74 Å². The van der Waals surface area contributed by atoms with Crippen molar-refractivity contribution in [3.05, 3.63) is 51.8 Å². The molecule has 1 aromatic carbocycles. The van der Waals surface area contributed by atoms with Gasteiger partial charge in [-0.25, -0.2) is 4.79 Å². The molecule has 0 saturated carbocycles. The molecule has 0 N–H and O–H groups in total. The predicted octanol–water partition coefficient (Wildman–Crippen LogP) is 3.95. The molecule has 0 atom stereocenters. The van der Waals surface area contributed by atoms with E-state index in [-0.39, 0.29) is 5.97 Å². The number of rotatable bonds is 4. The van der Waals surface area contributed by atoms with Crippen molar-refractivity contribution in [3.8, 4) is 0 Å². The molecule has 0 aromatic heterocycles. The summed E-state index contributed by atoms with van der Waals surface area (Å²) >= 11 is 3.46. The Morgan fingerprint density at radius 2 is 1.95 bits per heavy atom. The number of carbonyl (C=O) groups is 1. The van der Waals surface area contributed by atoms with E-state index in [0.717, 1.165) is 21.3 Å². The first kappa shape index (κ1) is 14.3. The summed E-state index contributed by atoms with van der Waals surface area (Å²) in [5, 5.41) is 0. The fraction of sp³-hybridized carbons (Fsp3) is 0.267. The van der Waals surface area contributed by atoms with Gasteiger partial charge >= 0.3 is 5.97 Å². The second-order valence-electron chi connectivity index (χ2n) is 3.86. The first-order valence-corrected chi connectivity index (χ1v) is 8.18. The summed E-state index contributed by atoms with van der Waals surface area (Å²) in [5.41, 5.74) is 1.76. The molecule has 2 rings (SSSR count). The van der Waals surface area contributed by atoms with Crippen molar-refractivity contribution in [1.29, 1.82) is 0 Å². The van der Waals surface area contributed by atoms with Crippen LogP contribution in [-0.2, 0) is 9.53 Å². The van der Waals surface area contributed by atoms with Crippen LogP contribution in [0.25, 0.3) is 6.08 Å². The Hall–Kier alpha value is -1.13. The molecule has 0 spiro atoms. The van der Waals surface area contributed by atoms with Gasteiger partial charge in [-0.3, -0.25) is 0 Å². The van der Waals surface area contributed by atoms with Crippen molar-refractivity contribution in [1.82, 2.24) is 0 Å². The summed E-state index contributed by atoms with van der Waals surface area (Å²) < 4.78 is 6.20. The van der Waals surface area contributed by atoms with E-state index >= 15 is 0 Å². The molecule has 2 nitrogen and oxygen atoms in total. The maximum Gasteiger partial charge on any atom is 0.339 e. The summed E-state index contributed by atoms with van der Waals surface area (Å²) in [4.78, 5) is 12.0. The molecule has 100 valence electrons. The third-order valence-electron chi connectivity index (χ3n) is 2.51. The number of hydrogen-bond acceptors (Lipinski definition) is 4. The average Bonchev–Trinajstić information content (AvgIpc) is 2.94. The van der Waals surface area contributed by atoms with Crippen LogP contribution < -0.4 is 0 Å². The third kappa shape index (κ3) is 4.18. The van der Waals surface area contributed by atoms with Crippen LogP contribution in [-0.4, -0.2) is 24.1 Å². The number of hydrogen-bond donors (Lipinski definition) is 0. The topological polar surface area (TPSA) is 26.3 Å². The lowest BCUT2D eigenvalue weighted by Crippen LogP contribution is -2.06. The minimum atomic E-state index is -0.230. The monoisotopic (exact) mass is 292 g/mol. The van der Waals surface area contributed by atoms with Crippen molar-refractivity contribution in [2.24, 2.45) is 0 Å². The summed E-state index contributed by atoms with van der Waals surface area (Å²) in [5.74, 6) is 1.89. The molecule has 0 aliphatic carbocycles. The van der Waals surface area contributed by atoms with Crippen LogP contribution >= 0.6 is 23.5 Å². The Morgan fingerprint density at radius 3 is 2.58 bits per heavy atom. The van der Waals surface area contributed by atoms with Crippen LogP contribution in [0.2, 0.25) is 0 Å². The number of esters is 1. The zero-order valence-corrected chi connectivity index (χ0v) is 12.4. The van der Waals surface area contributed by atoms with Crippen LogP contribution in [0, 0.1) is 0 Å². The maximum atomic E-state index is 12.0. The van der Waals surface area contributed by atoms with Gasteiger partial charge in [-0.05, 0) is 18.6 Å². The molecule has 19 heavy (non-hydrogen) atoms. The molecule has 4 heteroatoms. The SMILES string of the molecule is CCOC(=O)C(/C=C/c1ccccc1)=C1SCCS1. The highest BCUT2D eigenvalue weighted by Crippen LogP contribution is 2.39. The number of carbonyl (C=O) groups excluding carboxylic acids is 1. The summed E-state index contributed by atoms with van der Waals surface area (Å²) in [6.07, 6.45) is 3.83. The van der Waals surface area contributed by atoms with Crippen LogP contribution in [0.4, 0.5) is 0 Å². The van der Waals surface area contributed by atoms with Crippen molar-refractivity contribution >= 4 is 35.6 Å². The maximum absolute atomic E-state index is 12.0. The van der Waals surface area contributed by atoms with Gasteiger partial charge in [0, 0.05) is 11.5 Å². The van der Waals surface area contributed by atoms with E-state index in [1.165, 1.54) is 0 Å². The first-order chi connectivity index (χ1) is 9.31. The van der Waals surface area contributed by atoms with Crippen LogP contribution in [0.3, 0.4) is 0 Å². The normalized spacial score (nSPS) is 14.9. The molecule has 1 fully saturated rings. The van der Waals surface area contributed by atoms with Crippen molar-refractivity contribution in [3.63, 3.8) is 0 Å². The lowest BCUT2D eigenvalue weighted by Gasteiger charge is -2.05. The smallest absolute Gasteiger partial charge is 0.339 e. The lowest BCUT2D eigenvalue weighted by molar-refractivity contribution is -0.138. The quantitative estimate of drug-likeness (QED) is 0.620. The Kier molecular flexibility index (Phi) is 5.61. The molecular formula is C15H16O2S2. The summed E-state index contributed by atoms with van der Waals surface area (Å²) in [7, 11) is 0. The molecule has 0 unspecified atom stereocenters. The van der Waals surface area contributed by atoms with E-state index in [1.54, 1.807) is 23.5 Å². The van der Waals surface area contributed by atoms with E-state index in [0.29, 0.717) is 12.2 Å². The molecule has 1 aliphatic heterocycles. The van der Waals surface area contributed by atoms with Gasteiger partial charge in [0.05, 0.1) is 16.4 Å². The predicted molar refractivity (Wildman–Crippen MR) is 84.1 cm³/mol. The van der Waals surface area contributed by atoms with Crippen molar-refractivity contribution in [2.45, 2.75) is 6.92 Å². The summed E-state index contributed by atoms with van der Waals surface area (Å²) in [6, 6.07) is 9.97. The minimum Gasteiger partial charge on any atom is -0.462 e. The molecule has 1 heterocycles. The van der Waals surface area contributed by atoms with Crippen LogP contribution in [0.15, 0.2) is 46.2 Å². The fourth-order valence-corrected chi connectivity index (χ4v) is 4.12. The Labute approximate surface area is 122 Å². The molecular weight excluding hydrogens is 276 g/mol. The van der Waals surface area contributed by atoms with Gasteiger partial charge in [-0.2, -0.15) is 0 Å². The molecule has 0 bridgehead atoms. The zero-order valence-electron chi connectivity index (χ0n) is 10.8. The lowest BCUT2D eigenvalue weighted by atomic mass is 10.2. The fourth-order valence-electron chi connectivity index (χ4n) is 1.64. The van der Waals surface area contributed by atoms with Crippen LogP contribution in [0.5, 0.6) is 0 Å². The van der Waals surface area contributed by atoms with Crippen molar-refractivity contribution < 1.29 is 9.53 Å². The summed E-state index contributed by atoms with van der Waals surface area (Å²) in [6.45, 7) is 2.24. The van der Waals surface area contributed by atoms with Gasteiger partial charge in [-0.1, -0.05) is 36.4 Å². The highest BCUT2D eigenvalue weighted by atomic mass is 32.2. The van der Waals surface area contributed by atoms with Gasteiger partial charge in [-0.15, -0.1) is 23.5 Å². The first-order valence-electron chi connectivity index (χ1n) is 6.21. The van der Waals surface area contributed by atoms with Gasteiger partial charge in [0.2, 0.25) is 0 Å². The van der Waals surface area contributed by atoms with Gasteiger partial charge in [0.1, 0.15) is 0 Å². The highest BCUT2D eigenvalue weighted by molar-refractivity contribution is 8.25. The third-order valence-corrected chi connectivity index (χ3v) is 5.25. The largest absolute Gasteiger partial charge is 0.462 e. The molecule has 0 amide bonds. The Bertz CT molecular complexity index is 484.